The summed E-state index contributed by atoms with van der Waals surface area (Å²) in [6, 6.07) is 7.35. The third kappa shape index (κ3) is 3.23. The van der Waals surface area contributed by atoms with E-state index < -0.39 is 0 Å². The molecular weight excluding hydrogens is 218 g/mol. The summed E-state index contributed by atoms with van der Waals surface area (Å²) in [4.78, 5) is 10.8. The Hall–Kier alpha value is -2.50. The summed E-state index contributed by atoms with van der Waals surface area (Å²) < 4.78 is 1.50. The van der Waals surface area contributed by atoms with Gasteiger partial charge >= 0.3 is 0 Å². The second-order valence-electron chi connectivity index (χ2n) is 3.39. The fourth-order valence-corrected chi connectivity index (χ4v) is 1.24. The smallest absolute Gasteiger partial charge is 0.221 e. The number of nitrogens with zero attached hydrogens (tertiary/aromatic N) is 4. The van der Waals surface area contributed by atoms with Gasteiger partial charge in [0.1, 0.15) is 12.7 Å². The van der Waals surface area contributed by atoms with E-state index in [-0.39, 0.29) is 5.91 Å². The molecule has 1 heterocycles. The maximum atomic E-state index is 10.8. The molecule has 0 aliphatic rings. The average Bonchev–Trinajstić information content (AvgIpc) is 2.80. The summed E-state index contributed by atoms with van der Waals surface area (Å²) in [5, 5.41) is 14.1. The minimum absolute atomic E-state index is 0.0871. The number of rotatable bonds is 3. The van der Waals surface area contributed by atoms with Gasteiger partial charge in [-0.1, -0.05) is 12.1 Å². The zero-order chi connectivity index (χ0) is 12.1. The molecule has 0 unspecified atom stereocenters. The van der Waals surface area contributed by atoms with Crippen LogP contribution in [-0.2, 0) is 4.79 Å². The zero-order valence-corrected chi connectivity index (χ0v) is 9.24. The number of carbonyl (C=O) groups excluding carboxylic acids is 1. The van der Waals surface area contributed by atoms with Crippen LogP contribution in [0.1, 0.15) is 12.5 Å². The Morgan fingerprint density at radius 3 is 2.53 bits per heavy atom. The molecule has 0 saturated heterocycles. The fraction of sp³-hybridized carbons (Fsp3) is 0.0909. The van der Waals surface area contributed by atoms with E-state index in [2.05, 4.69) is 20.6 Å². The first-order valence-corrected chi connectivity index (χ1v) is 5.01. The lowest BCUT2D eigenvalue weighted by molar-refractivity contribution is -0.114. The van der Waals surface area contributed by atoms with Gasteiger partial charge in [-0.2, -0.15) is 5.10 Å². The van der Waals surface area contributed by atoms with Gasteiger partial charge in [-0.15, -0.1) is 10.2 Å². The second-order valence-corrected chi connectivity index (χ2v) is 3.39. The monoisotopic (exact) mass is 229 g/mol. The molecule has 6 heteroatoms. The average molecular weight is 229 g/mol. The summed E-state index contributed by atoms with van der Waals surface area (Å²) in [6.45, 7) is 1.47. The van der Waals surface area contributed by atoms with Crippen molar-refractivity contribution in [2.75, 3.05) is 5.32 Å². The fourth-order valence-electron chi connectivity index (χ4n) is 1.24. The van der Waals surface area contributed by atoms with Crippen LogP contribution in [0.4, 0.5) is 5.69 Å². The van der Waals surface area contributed by atoms with Gasteiger partial charge in [0.15, 0.2) is 0 Å². The molecule has 2 aromatic rings. The number of amides is 1. The maximum Gasteiger partial charge on any atom is 0.221 e. The zero-order valence-electron chi connectivity index (χ0n) is 9.24. The number of anilines is 1. The normalized spacial score (nSPS) is 10.6. The van der Waals surface area contributed by atoms with Gasteiger partial charge in [-0.25, -0.2) is 4.68 Å². The van der Waals surface area contributed by atoms with Crippen molar-refractivity contribution in [1.29, 1.82) is 0 Å². The minimum atomic E-state index is -0.0871. The Morgan fingerprint density at radius 1 is 1.29 bits per heavy atom. The highest BCUT2D eigenvalue weighted by molar-refractivity contribution is 5.89. The van der Waals surface area contributed by atoms with Crippen LogP contribution in [0, 0.1) is 0 Å². The Balaban J connectivity index is 2.05. The summed E-state index contributed by atoms with van der Waals surface area (Å²) in [5.41, 5.74) is 1.69. The van der Waals surface area contributed by atoms with Crippen molar-refractivity contribution in [2.24, 2.45) is 5.10 Å². The second kappa shape index (κ2) is 5.02. The minimum Gasteiger partial charge on any atom is -0.326 e. The third-order valence-corrected chi connectivity index (χ3v) is 1.98. The molecular formula is C11H11N5O. The quantitative estimate of drug-likeness (QED) is 0.801. The van der Waals surface area contributed by atoms with Crippen LogP contribution in [0.2, 0.25) is 0 Å². The van der Waals surface area contributed by atoms with Crippen molar-refractivity contribution >= 4 is 17.8 Å². The Labute approximate surface area is 98.0 Å². The molecule has 1 aromatic carbocycles. The van der Waals surface area contributed by atoms with Crippen LogP contribution in [-0.4, -0.2) is 27.0 Å². The van der Waals surface area contributed by atoms with Crippen molar-refractivity contribution in [3.05, 3.63) is 42.5 Å². The molecule has 0 bridgehead atoms. The van der Waals surface area contributed by atoms with Crippen LogP contribution < -0.4 is 5.32 Å². The Morgan fingerprint density at radius 2 is 1.94 bits per heavy atom. The molecule has 1 aromatic heterocycles. The van der Waals surface area contributed by atoms with Gasteiger partial charge in [0.05, 0.1) is 6.21 Å². The molecule has 17 heavy (non-hydrogen) atoms. The van der Waals surface area contributed by atoms with Gasteiger partial charge < -0.3 is 5.32 Å². The number of aromatic nitrogens is 3. The lowest BCUT2D eigenvalue weighted by Gasteiger charge is -2.01. The van der Waals surface area contributed by atoms with E-state index >= 15 is 0 Å². The number of benzene rings is 1. The highest BCUT2D eigenvalue weighted by Gasteiger charge is 1.94. The molecule has 86 valence electrons. The largest absolute Gasteiger partial charge is 0.326 e. The molecule has 1 N–H and O–H groups in total. The van der Waals surface area contributed by atoms with E-state index in [1.165, 1.54) is 24.3 Å². The van der Waals surface area contributed by atoms with Crippen LogP contribution in [0.3, 0.4) is 0 Å². The van der Waals surface area contributed by atoms with Crippen molar-refractivity contribution in [3.8, 4) is 0 Å². The van der Waals surface area contributed by atoms with E-state index in [0.717, 1.165) is 11.3 Å². The van der Waals surface area contributed by atoms with Crippen LogP contribution in [0.25, 0.3) is 0 Å². The molecule has 6 nitrogen and oxygen atoms in total. The Kier molecular flexibility index (Phi) is 3.25. The van der Waals surface area contributed by atoms with Crippen molar-refractivity contribution in [1.82, 2.24) is 14.9 Å². The van der Waals surface area contributed by atoms with Crippen LogP contribution in [0.15, 0.2) is 42.0 Å². The number of hydrogen-bond donors (Lipinski definition) is 1. The molecule has 0 saturated carbocycles. The Bertz CT molecular complexity index is 515. The van der Waals surface area contributed by atoms with E-state index in [0.29, 0.717) is 0 Å². The van der Waals surface area contributed by atoms with E-state index in [4.69, 9.17) is 0 Å². The molecule has 2 rings (SSSR count). The first-order chi connectivity index (χ1) is 8.24. The summed E-state index contributed by atoms with van der Waals surface area (Å²) in [6.07, 6.45) is 4.69. The predicted octanol–water partition coefficient (Wildman–Crippen LogP) is 1.12. The lowest BCUT2D eigenvalue weighted by atomic mass is 10.2. The number of carbonyl (C=O) groups is 1. The molecule has 1 amide bonds. The van der Waals surface area contributed by atoms with Gasteiger partial charge in [-0.05, 0) is 17.7 Å². The van der Waals surface area contributed by atoms with E-state index in [1.54, 1.807) is 6.21 Å². The summed E-state index contributed by atoms with van der Waals surface area (Å²) >= 11 is 0. The van der Waals surface area contributed by atoms with Gasteiger partial charge in [-0.3, -0.25) is 4.79 Å². The molecule has 0 atom stereocenters. The molecule has 0 aliphatic heterocycles. The van der Waals surface area contributed by atoms with Gasteiger partial charge in [0, 0.05) is 12.6 Å². The summed E-state index contributed by atoms with van der Waals surface area (Å²) in [7, 11) is 0. The standard InChI is InChI=1S/C11H11N5O/c1-9(17)15-11-4-2-10(3-5-11)6-14-16-7-12-13-8-16/h2-8H,1H3,(H,15,17)/b14-6+. The van der Waals surface area contributed by atoms with Gasteiger partial charge in [0.25, 0.3) is 0 Å². The van der Waals surface area contributed by atoms with Crippen molar-refractivity contribution in [3.63, 3.8) is 0 Å². The topological polar surface area (TPSA) is 72.2 Å². The maximum absolute atomic E-state index is 10.8. The number of nitrogens with one attached hydrogen (secondary N) is 1. The molecule has 0 spiro atoms. The van der Waals surface area contributed by atoms with E-state index in [9.17, 15) is 4.79 Å². The lowest BCUT2D eigenvalue weighted by Crippen LogP contribution is -2.05. The highest BCUT2D eigenvalue weighted by atomic mass is 16.1. The highest BCUT2D eigenvalue weighted by Crippen LogP contribution is 2.07. The van der Waals surface area contributed by atoms with Gasteiger partial charge in [0.2, 0.25) is 5.91 Å². The van der Waals surface area contributed by atoms with E-state index in [1.807, 2.05) is 24.3 Å². The number of hydrogen-bond acceptors (Lipinski definition) is 4. The third-order valence-electron chi connectivity index (χ3n) is 1.98. The van der Waals surface area contributed by atoms with Crippen molar-refractivity contribution in [2.45, 2.75) is 6.92 Å². The van der Waals surface area contributed by atoms with Crippen molar-refractivity contribution < 1.29 is 4.79 Å². The molecule has 0 aliphatic carbocycles. The van der Waals surface area contributed by atoms with Crippen LogP contribution in [0.5, 0.6) is 0 Å². The first-order valence-electron chi connectivity index (χ1n) is 5.01. The molecule has 0 fully saturated rings. The first kappa shape index (κ1) is 11.0. The predicted molar refractivity (Wildman–Crippen MR) is 63.8 cm³/mol. The summed E-state index contributed by atoms with van der Waals surface area (Å²) in [5.74, 6) is -0.0871. The SMILES string of the molecule is CC(=O)Nc1ccc(/C=N/n2cnnc2)cc1. The van der Waals surface area contributed by atoms with Crippen LogP contribution >= 0.6 is 0 Å². The molecule has 0 radical (unpaired) electrons.